The van der Waals surface area contributed by atoms with Crippen LogP contribution in [-0.4, -0.2) is 59.1 Å². The third kappa shape index (κ3) is 3.39. The van der Waals surface area contributed by atoms with Crippen molar-refractivity contribution in [2.24, 2.45) is 5.73 Å². The minimum atomic E-state index is -0.347. The molecule has 0 radical (unpaired) electrons. The molecule has 20 heavy (non-hydrogen) atoms. The largest absolute Gasteiger partial charge is 0.467 e. The maximum Gasteiger partial charge on any atom is 0.257 e. The zero-order valence-electron chi connectivity index (χ0n) is 12.1. The van der Waals surface area contributed by atoms with Gasteiger partial charge in [0.25, 0.3) is 5.91 Å². The zero-order valence-corrected chi connectivity index (χ0v) is 12.1. The second-order valence-corrected chi connectivity index (χ2v) is 5.45. The Morgan fingerprint density at radius 1 is 1.60 bits per heavy atom. The van der Waals surface area contributed by atoms with Gasteiger partial charge in [-0.1, -0.05) is 0 Å². The third-order valence-electron chi connectivity index (χ3n) is 3.65. The van der Waals surface area contributed by atoms with Crippen molar-refractivity contribution in [2.75, 3.05) is 26.2 Å². The molecular formula is C14H23N3O3. The van der Waals surface area contributed by atoms with Crippen molar-refractivity contribution in [3.05, 3.63) is 23.7 Å². The molecule has 1 fully saturated rings. The summed E-state index contributed by atoms with van der Waals surface area (Å²) in [6.07, 6.45) is 1.12. The predicted octanol–water partition coefficient (Wildman–Crippen LogP) is 0.265. The van der Waals surface area contributed by atoms with E-state index in [2.05, 4.69) is 11.8 Å². The van der Waals surface area contributed by atoms with E-state index in [-0.39, 0.29) is 18.1 Å². The van der Waals surface area contributed by atoms with Gasteiger partial charge < -0.3 is 20.2 Å². The molecule has 1 aromatic rings. The molecule has 1 aliphatic rings. The summed E-state index contributed by atoms with van der Waals surface area (Å²) >= 11 is 0. The number of carbonyl (C=O) groups excluding carboxylic acids is 1. The number of piperazine rings is 1. The van der Waals surface area contributed by atoms with Crippen LogP contribution in [0.15, 0.2) is 16.7 Å². The molecular weight excluding hydrogens is 258 g/mol. The number of carbonyl (C=O) groups is 1. The molecule has 3 N–H and O–H groups in total. The Morgan fingerprint density at radius 2 is 2.35 bits per heavy atom. The summed E-state index contributed by atoms with van der Waals surface area (Å²) in [7, 11) is 0. The lowest BCUT2D eigenvalue weighted by Gasteiger charge is -2.40. The molecule has 2 atom stereocenters. The first kappa shape index (κ1) is 15.0. The fourth-order valence-electron chi connectivity index (χ4n) is 2.57. The molecule has 112 valence electrons. The van der Waals surface area contributed by atoms with Crippen LogP contribution >= 0.6 is 0 Å². The predicted molar refractivity (Wildman–Crippen MR) is 75.2 cm³/mol. The van der Waals surface area contributed by atoms with Gasteiger partial charge in [0.15, 0.2) is 0 Å². The lowest BCUT2D eigenvalue weighted by molar-refractivity contribution is 0.0364. The monoisotopic (exact) mass is 281 g/mol. The van der Waals surface area contributed by atoms with Gasteiger partial charge in [-0.05, 0) is 19.9 Å². The van der Waals surface area contributed by atoms with Crippen LogP contribution in [0.3, 0.4) is 0 Å². The van der Waals surface area contributed by atoms with Crippen LogP contribution in [-0.2, 0) is 6.54 Å². The number of aliphatic hydroxyl groups is 1. The summed E-state index contributed by atoms with van der Waals surface area (Å²) in [4.78, 5) is 16.4. The normalized spacial score (nSPS) is 22.0. The molecule has 2 heterocycles. The number of rotatable bonds is 4. The second-order valence-electron chi connectivity index (χ2n) is 5.45. The van der Waals surface area contributed by atoms with Gasteiger partial charge in [0, 0.05) is 32.2 Å². The first-order chi connectivity index (χ1) is 9.51. The molecule has 0 saturated carbocycles. The topological polar surface area (TPSA) is 82.9 Å². The number of furan rings is 1. The van der Waals surface area contributed by atoms with Crippen molar-refractivity contribution >= 4 is 5.91 Å². The number of β-amino-alcohol motifs (C(OH)–C–C–N with tert-alkyl or cyclic N) is 1. The Kier molecular flexibility index (Phi) is 4.80. The Labute approximate surface area is 119 Å². The fraction of sp³-hybridized carbons (Fsp3) is 0.643. The van der Waals surface area contributed by atoms with Crippen LogP contribution in [0.5, 0.6) is 0 Å². The lowest BCUT2D eigenvalue weighted by Crippen LogP contribution is -2.54. The van der Waals surface area contributed by atoms with Crippen LogP contribution in [0.2, 0.25) is 0 Å². The zero-order chi connectivity index (χ0) is 14.7. The quantitative estimate of drug-likeness (QED) is 0.827. The Bertz CT molecular complexity index is 458. The molecule has 0 bridgehead atoms. The van der Waals surface area contributed by atoms with Gasteiger partial charge in [-0.15, -0.1) is 0 Å². The molecule has 1 aromatic heterocycles. The highest BCUT2D eigenvalue weighted by Crippen LogP contribution is 2.15. The Hall–Kier alpha value is -1.37. The summed E-state index contributed by atoms with van der Waals surface area (Å²) < 4.78 is 5.21. The second kappa shape index (κ2) is 6.39. The highest BCUT2D eigenvalue weighted by molar-refractivity contribution is 5.94. The van der Waals surface area contributed by atoms with E-state index < -0.39 is 0 Å². The SMILES string of the molecule is CC(O)CN1CCN(C(=O)c2coc(CN)c2)CC1C. The highest BCUT2D eigenvalue weighted by Gasteiger charge is 2.28. The summed E-state index contributed by atoms with van der Waals surface area (Å²) in [6, 6.07) is 1.94. The van der Waals surface area contributed by atoms with Gasteiger partial charge in [-0.3, -0.25) is 9.69 Å². The van der Waals surface area contributed by atoms with Gasteiger partial charge in [-0.2, -0.15) is 0 Å². The van der Waals surface area contributed by atoms with E-state index in [0.717, 1.165) is 6.54 Å². The molecule has 1 saturated heterocycles. The molecule has 1 aliphatic heterocycles. The fourth-order valence-corrected chi connectivity index (χ4v) is 2.57. The molecule has 6 heteroatoms. The van der Waals surface area contributed by atoms with Crippen molar-refractivity contribution in [2.45, 2.75) is 32.5 Å². The average Bonchev–Trinajstić information content (AvgIpc) is 2.88. The molecule has 0 aliphatic carbocycles. The summed E-state index contributed by atoms with van der Waals surface area (Å²) in [5, 5.41) is 9.46. The van der Waals surface area contributed by atoms with Crippen molar-refractivity contribution in [3.63, 3.8) is 0 Å². The van der Waals surface area contributed by atoms with Crippen LogP contribution in [0.4, 0.5) is 0 Å². The summed E-state index contributed by atoms with van der Waals surface area (Å²) in [5.74, 6) is 0.603. The van der Waals surface area contributed by atoms with Crippen LogP contribution < -0.4 is 5.73 Å². The maximum absolute atomic E-state index is 12.4. The summed E-state index contributed by atoms with van der Waals surface area (Å²) in [5.41, 5.74) is 6.04. The van der Waals surface area contributed by atoms with Gasteiger partial charge in [0.2, 0.25) is 0 Å². The van der Waals surface area contributed by atoms with E-state index in [1.54, 1.807) is 13.0 Å². The molecule has 2 unspecified atom stereocenters. The van der Waals surface area contributed by atoms with Crippen LogP contribution in [0.1, 0.15) is 30.0 Å². The van der Waals surface area contributed by atoms with E-state index in [1.807, 2.05) is 4.90 Å². The van der Waals surface area contributed by atoms with Crippen molar-refractivity contribution in [1.82, 2.24) is 9.80 Å². The number of nitrogens with two attached hydrogens (primary N) is 1. The standard InChI is InChI=1S/C14H23N3O3/c1-10-7-17(4-3-16(10)8-11(2)18)14(19)12-5-13(6-15)20-9-12/h5,9-11,18H,3-4,6-8,15H2,1-2H3. The number of aliphatic hydroxyl groups excluding tert-OH is 1. The molecule has 2 rings (SSSR count). The van der Waals surface area contributed by atoms with Crippen LogP contribution in [0, 0.1) is 0 Å². The third-order valence-corrected chi connectivity index (χ3v) is 3.65. The Morgan fingerprint density at radius 3 is 2.90 bits per heavy atom. The lowest BCUT2D eigenvalue weighted by atomic mass is 10.1. The molecule has 6 nitrogen and oxygen atoms in total. The van der Waals surface area contributed by atoms with E-state index in [1.165, 1.54) is 6.26 Å². The van der Waals surface area contributed by atoms with Crippen LogP contribution in [0.25, 0.3) is 0 Å². The minimum absolute atomic E-state index is 0.0167. The van der Waals surface area contributed by atoms with E-state index in [4.69, 9.17) is 10.2 Å². The molecule has 0 aromatic carbocycles. The van der Waals surface area contributed by atoms with E-state index >= 15 is 0 Å². The first-order valence-electron chi connectivity index (χ1n) is 7.00. The highest BCUT2D eigenvalue weighted by atomic mass is 16.3. The Balaban J connectivity index is 1.96. The maximum atomic E-state index is 12.4. The molecule has 0 spiro atoms. The first-order valence-corrected chi connectivity index (χ1v) is 7.00. The van der Waals surface area contributed by atoms with Crippen molar-refractivity contribution in [1.29, 1.82) is 0 Å². The van der Waals surface area contributed by atoms with E-state index in [9.17, 15) is 9.90 Å². The van der Waals surface area contributed by atoms with Crippen molar-refractivity contribution in [3.8, 4) is 0 Å². The smallest absolute Gasteiger partial charge is 0.257 e. The van der Waals surface area contributed by atoms with Gasteiger partial charge in [-0.25, -0.2) is 0 Å². The molecule has 1 amide bonds. The number of hydrogen-bond acceptors (Lipinski definition) is 5. The van der Waals surface area contributed by atoms with E-state index in [0.29, 0.717) is 37.5 Å². The number of hydrogen-bond donors (Lipinski definition) is 2. The van der Waals surface area contributed by atoms with Gasteiger partial charge in [0.1, 0.15) is 12.0 Å². The van der Waals surface area contributed by atoms with Crippen molar-refractivity contribution < 1.29 is 14.3 Å². The van der Waals surface area contributed by atoms with Gasteiger partial charge >= 0.3 is 0 Å². The van der Waals surface area contributed by atoms with Gasteiger partial charge in [0.05, 0.1) is 18.2 Å². The number of nitrogens with zero attached hydrogens (tertiary/aromatic N) is 2. The summed E-state index contributed by atoms with van der Waals surface area (Å²) in [6.45, 7) is 6.90. The average molecular weight is 281 g/mol. The minimum Gasteiger partial charge on any atom is -0.467 e. The number of amides is 1.